The van der Waals surface area contributed by atoms with E-state index in [0.29, 0.717) is 0 Å². The number of hydrogen-bond acceptors (Lipinski definition) is 3. The molecule has 0 saturated carbocycles. The molecule has 1 unspecified atom stereocenters. The molecule has 3 nitrogen and oxygen atoms in total. The van der Waals surface area contributed by atoms with Crippen molar-refractivity contribution in [1.82, 2.24) is 5.32 Å². The number of aliphatic hydroxyl groups excluding tert-OH is 1. The van der Waals surface area contributed by atoms with Gasteiger partial charge in [-0.05, 0) is 38.8 Å². The average molecular weight is 158 g/mol. The Balaban J connectivity index is 2.38. The highest BCUT2D eigenvalue weighted by atomic mass is 16.3. The minimum absolute atomic E-state index is 0.0990. The lowest BCUT2D eigenvalue weighted by molar-refractivity contribution is 0.227. The molecule has 0 aromatic heterocycles. The maximum absolute atomic E-state index is 8.78. The van der Waals surface area contributed by atoms with Gasteiger partial charge in [0.05, 0.1) is 0 Å². The molecule has 1 aliphatic rings. The summed E-state index contributed by atoms with van der Waals surface area (Å²) < 4.78 is 0. The zero-order valence-electron chi connectivity index (χ0n) is 6.97. The fraction of sp³-hybridized carbons (Fsp3) is 1.00. The van der Waals surface area contributed by atoms with E-state index < -0.39 is 0 Å². The molecule has 11 heavy (non-hydrogen) atoms. The molecule has 66 valence electrons. The Hall–Kier alpha value is -0.120. The largest absolute Gasteiger partial charge is 0.396 e. The van der Waals surface area contributed by atoms with Crippen LogP contribution < -0.4 is 11.1 Å². The van der Waals surface area contributed by atoms with E-state index in [9.17, 15) is 0 Å². The molecule has 1 rings (SSSR count). The van der Waals surface area contributed by atoms with Crippen LogP contribution in [0.25, 0.3) is 0 Å². The summed E-state index contributed by atoms with van der Waals surface area (Å²) in [6.45, 7) is 2.29. The van der Waals surface area contributed by atoms with Crippen molar-refractivity contribution in [1.29, 1.82) is 0 Å². The lowest BCUT2D eigenvalue weighted by atomic mass is 9.89. The summed E-state index contributed by atoms with van der Waals surface area (Å²) in [6.07, 6.45) is 3.92. The van der Waals surface area contributed by atoms with E-state index in [1.54, 1.807) is 0 Å². The van der Waals surface area contributed by atoms with Crippen LogP contribution in [-0.2, 0) is 0 Å². The SMILES string of the molecule is NC1(CCO)CCCNCC1. The van der Waals surface area contributed by atoms with Crippen molar-refractivity contribution in [3.05, 3.63) is 0 Å². The fourth-order valence-electron chi connectivity index (χ4n) is 1.63. The van der Waals surface area contributed by atoms with Crippen LogP contribution in [0.3, 0.4) is 0 Å². The topological polar surface area (TPSA) is 58.3 Å². The first-order valence-corrected chi connectivity index (χ1v) is 4.37. The molecule has 1 atom stereocenters. The summed E-state index contributed by atoms with van der Waals surface area (Å²) in [5.41, 5.74) is 5.97. The van der Waals surface area contributed by atoms with Crippen molar-refractivity contribution >= 4 is 0 Å². The third kappa shape index (κ3) is 2.77. The molecule has 0 radical (unpaired) electrons. The molecular formula is C8H18N2O. The van der Waals surface area contributed by atoms with Crippen molar-refractivity contribution in [2.75, 3.05) is 19.7 Å². The summed E-state index contributed by atoms with van der Waals surface area (Å²) in [5.74, 6) is 0. The van der Waals surface area contributed by atoms with Crippen molar-refractivity contribution < 1.29 is 5.11 Å². The van der Waals surface area contributed by atoms with Crippen LogP contribution in [0.4, 0.5) is 0 Å². The second-order valence-electron chi connectivity index (χ2n) is 3.44. The highest BCUT2D eigenvalue weighted by Gasteiger charge is 2.24. The molecule has 0 bridgehead atoms. The molecule has 0 aromatic rings. The van der Waals surface area contributed by atoms with E-state index in [-0.39, 0.29) is 12.1 Å². The van der Waals surface area contributed by atoms with Gasteiger partial charge < -0.3 is 16.2 Å². The first kappa shape index (κ1) is 8.97. The number of nitrogens with two attached hydrogens (primary N) is 1. The van der Waals surface area contributed by atoms with Gasteiger partial charge in [0.1, 0.15) is 0 Å². The van der Waals surface area contributed by atoms with Crippen LogP contribution in [0.2, 0.25) is 0 Å². The van der Waals surface area contributed by atoms with E-state index in [4.69, 9.17) is 10.8 Å². The number of aliphatic hydroxyl groups is 1. The standard InChI is InChI=1S/C8H18N2O/c9-8(4-7-11)2-1-5-10-6-3-8/h10-11H,1-7,9H2. The van der Waals surface area contributed by atoms with Crippen LogP contribution in [0.1, 0.15) is 25.7 Å². The Kier molecular flexibility index (Phi) is 3.30. The quantitative estimate of drug-likeness (QED) is 0.523. The van der Waals surface area contributed by atoms with Gasteiger partial charge in [0.25, 0.3) is 0 Å². The molecule has 3 heteroatoms. The van der Waals surface area contributed by atoms with Gasteiger partial charge in [0, 0.05) is 12.1 Å². The Morgan fingerprint density at radius 3 is 2.91 bits per heavy atom. The van der Waals surface area contributed by atoms with Crippen LogP contribution in [0.15, 0.2) is 0 Å². The third-order valence-electron chi connectivity index (χ3n) is 2.44. The van der Waals surface area contributed by atoms with E-state index in [1.165, 1.54) is 0 Å². The Bertz CT molecular complexity index is 109. The summed E-state index contributed by atoms with van der Waals surface area (Å²) in [4.78, 5) is 0. The number of hydrogen-bond donors (Lipinski definition) is 3. The number of rotatable bonds is 2. The van der Waals surface area contributed by atoms with Crippen molar-refractivity contribution in [3.8, 4) is 0 Å². The highest BCUT2D eigenvalue weighted by molar-refractivity contribution is 4.86. The van der Waals surface area contributed by atoms with E-state index in [2.05, 4.69) is 5.32 Å². The Morgan fingerprint density at radius 2 is 2.18 bits per heavy atom. The lowest BCUT2D eigenvalue weighted by Crippen LogP contribution is -2.41. The van der Waals surface area contributed by atoms with Gasteiger partial charge in [0.2, 0.25) is 0 Å². The Labute approximate surface area is 68.0 Å². The summed E-state index contributed by atoms with van der Waals surface area (Å²) in [6, 6.07) is 0. The summed E-state index contributed by atoms with van der Waals surface area (Å²) in [7, 11) is 0. The van der Waals surface area contributed by atoms with E-state index in [0.717, 1.165) is 38.8 Å². The van der Waals surface area contributed by atoms with Gasteiger partial charge in [-0.15, -0.1) is 0 Å². The second kappa shape index (κ2) is 4.04. The molecule has 0 spiro atoms. The van der Waals surface area contributed by atoms with Gasteiger partial charge in [-0.1, -0.05) is 0 Å². The van der Waals surface area contributed by atoms with Crippen LogP contribution in [0.5, 0.6) is 0 Å². The predicted molar refractivity (Wildman–Crippen MR) is 45.3 cm³/mol. The second-order valence-corrected chi connectivity index (χ2v) is 3.44. The minimum atomic E-state index is -0.0990. The lowest BCUT2D eigenvalue weighted by Gasteiger charge is -2.26. The van der Waals surface area contributed by atoms with Crippen molar-refractivity contribution in [3.63, 3.8) is 0 Å². The first-order valence-electron chi connectivity index (χ1n) is 4.37. The van der Waals surface area contributed by atoms with E-state index in [1.807, 2.05) is 0 Å². The Morgan fingerprint density at radius 1 is 1.36 bits per heavy atom. The van der Waals surface area contributed by atoms with Crippen molar-refractivity contribution in [2.45, 2.75) is 31.2 Å². The monoisotopic (exact) mass is 158 g/mol. The molecule has 4 N–H and O–H groups in total. The molecule has 1 heterocycles. The predicted octanol–water partition coefficient (Wildman–Crippen LogP) is -0.160. The molecular weight excluding hydrogens is 140 g/mol. The zero-order valence-corrected chi connectivity index (χ0v) is 6.97. The smallest absolute Gasteiger partial charge is 0.0448 e. The molecule has 1 fully saturated rings. The summed E-state index contributed by atoms with van der Waals surface area (Å²) >= 11 is 0. The molecule has 0 aromatic carbocycles. The van der Waals surface area contributed by atoms with Gasteiger partial charge in [-0.2, -0.15) is 0 Å². The molecule has 1 saturated heterocycles. The minimum Gasteiger partial charge on any atom is -0.396 e. The van der Waals surface area contributed by atoms with Gasteiger partial charge in [0.15, 0.2) is 0 Å². The zero-order chi connectivity index (χ0) is 8.16. The van der Waals surface area contributed by atoms with Crippen LogP contribution in [0, 0.1) is 0 Å². The maximum Gasteiger partial charge on any atom is 0.0448 e. The average Bonchev–Trinajstić information content (AvgIpc) is 2.15. The van der Waals surface area contributed by atoms with Crippen LogP contribution >= 0.6 is 0 Å². The normalized spacial score (nSPS) is 33.3. The first-order chi connectivity index (χ1) is 5.27. The van der Waals surface area contributed by atoms with Crippen LogP contribution in [-0.4, -0.2) is 30.3 Å². The van der Waals surface area contributed by atoms with Crippen molar-refractivity contribution in [2.24, 2.45) is 5.73 Å². The number of nitrogens with one attached hydrogen (secondary N) is 1. The molecule has 1 aliphatic heterocycles. The van der Waals surface area contributed by atoms with E-state index >= 15 is 0 Å². The van der Waals surface area contributed by atoms with Gasteiger partial charge in [-0.25, -0.2) is 0 Å². The highest BCUT2D eigenvalue weighted by Crippen LogP contribution is 2.19. The maximum atomic E-state index is 8.78. The third-order valence-corrected chi connectivity index (χ3v) is 2.44. The van der Waals surface area contributed by atoms with Gasteiger partial charge in [-0.3, -0.25) is 0 Å². The molecule has 0 aliphatic carbocycles. The summed E-state index contributed by atoms with van der Waals surface area (Å²) in [5, 5.41) is 12.1. The van der Waals surface area contributed by atoms with Gasteiger partial charge >= 0.3 is 0 Å². The fourth-order valence-corrected chi connectivity index (χ4v) is 1.63. The molecule has 0 amide bonds.